The Bertz CT molecular complexity index is 498. The quantitative estimate of drug-likeness (QED) is 0.828. The molecule has 0 aliphatic carbocycles. The number of aromatic nitrogens is 2. The van der Waals surface area contributed by atoms with E-state index < -0.39 is 6.43 Å². The molecule has 2 N–H and O–H groups in total. The lowest BCUT2D eigenvalue weighted by Gasteiger charge is -2.01. The average Bonchev–Trinajstić information content (AvgIpc) is 2.62. The monoisotopic (exact) mass is 276 g/mol. The minimum absolute atomic E-state index is 0.0749. The molecule has 0 aliphatic heterocycles. The number of fused-ring (bicyclic) bond motifs is 1. The van der Waals surface area contributed by atoms with Crippen molar-refractivity contribution in [3.63, 3.8) is 0 Å². The van der Waals surface area contributed by atoms with Crippen molar-refractivity contribution in [3.05, 3.63) is 23.5 Å². The zero-order chi connectivity index (χ0) is 11.0. The molecule has 2 rings (SSSR count). The van der Waals surface area contributed by atoms with Gasteiger partial charge in [0.25, 0.3) is 6.43 Å². The van der Waals surface area contributed by atoms with Gasteiger partial charge in [-0.1, -0.05) is 15.9 Å². The second-order valence-corrected chi connectivity index (χ2v) is 3.58. The van der Waals surface area contributed by atoms with E-state index in [4.69, 9.17) is 0 Å². The first-order chi connectivity index (χ1) is 7.13. The first-order valence-electron chi connectivity index (χ1n) is 4.18. The SMILES string of the molecule is Oc1ccc(C(F)F)c2nc(CBr)[nH]c12. The average molecular weight is 277 g/mol. The van der Waals surface area contributed by atoms with Gasteiger partial charge in [-0.15, -0.1) is 0 Å². The molecule has 0 saturated carbocycles. The first-order valence-corrected chi connectivity index (χ1v) is 5.30. The van der Waals surface area contributed by atoms with Crippen molar-refractivity contribution < 1.29 is 13.9 Å². The topological polar surface area (TPSA) is 48.9 Å². The molecule has 80 valence electrons. The zero-order valence-electron chi connectivity index (χ0n) is 7.47. The third-order valence-corrected chi connectivity index (χ3v) is 2.60. The Labute approximate surface area is 92.3 Å². The fourth-order valence-electron chi connectivity index (χ4n) is 1.39. The van der Waals surface area contributed by atoms with Crippen LogP contribution in [0.15, 0.2) is 12.1 Å². The van der Waals surface area contributed by atoms with Crippen LogP contribution in [-0.4, -0.2) is 15.1 Å². The predicted octanol–water partition coefficient (Wildman–Crippen LogP) is 3.10. The van der Waals surface area contributed by atoms with Crippen LogP contribution in [0.5, 0.6) is 5.75 Å². The van der Waals surface area contributed by atoms with Crippen LogP contribution in [0.2, 0.25) is 0 Å². The summed E-state index contributed by atoms with van der Waals surface area (Å²) >= 11 is 3.16. The molecule has 3 nitrogen and oxygen atoms in total. The van der Waals surface area contributed by atoms with E-state index in [0.29, 0.717) is 11.2 Å². The molecule has 0 unspecified atom stereocenters. The number of phenolic OH excluding ortho intramolecular Hbond substituents is 1. The van der Waals surface area contributed by atoms with Gasteiger partial charge in [-0.05, 0) is 12.1 Å². The molecule has 0 radical (unpaired) electrons. The van der Waals surface area contributed by atoms with E-state index in [1.807, 2.05) is 0 Å². The van der Waals surface area contributed by atoms with Crippen molar-refractivity contribution in [2.75, 3.05) is 0 Å². The van der Waals surface area contributed by atoms with Crippen LogP contribution in [0, 0.1) is 0 Å². The minimum atomic E-state index is -2.60. The second-order valence-electron chi connectivity index (χ2n) is 3.02. The number of aromatic hydroxyl groups is 1. The molecule has 6 heteroatoms. The van der Waals surface area contributed by atoms with Crippen molar-refractivity contribution in [1.82, 2.24) is 9.97 Å². The number of H-pyrrole nitrogens is 1. The molecule has 15 heavy (non-hydrogen) atoms. The fourth-order valence-corrected chi connectivity index (χ4v) is 1.65. The van der Waals surface area contributed by atoms with Gasteiger partial charge >= 0.3 is 0 Å². The van der Waals surface area contributed by atoms with Crippen LogP contribution in [-0.2, 0) is 5.33 Å². The van der Waals surface area contributed by atoms with Gasteiger partial charge in [0.1, 0.15) is 22.6 Å². The number of halogens is 3. The van der Waals surface area contributed by atoms with Crippen molar-refractivity contribution in [2.24, 2.45) is 0 Å². The van der Waals surface area contributed by atoms with E-state index in [1.54, 1.807) is 0 Å². The summed E-state index contributed by atoms with van der Waals surface area (Å²) in [6.07, 6.45) is -2.60. The number of alkyl halides is 3. The highest BCUT2D eigenvalue weighted by Crippen LogP contribution is 2.31. The highest BCUT2D eigenvalue weighted by atomic mass is 79.9. The largest absolute Gasteiger partial charge is 0.506 e. The summed E-state index contributed by atoms with van der Waals surface area (Å²) in [5, 5.41) is 9.88. The molecule has 0 spiro atoms. The van der Waals surface area contributed by atoms with Crippen LogP contribution < -0.4 is 0 Å². The van der Waals surface area contributed by atoms with E-state index in [-0.39, 0.29) is 22.3 Å². The van der Waals surface area contributed by atoms with Crippen molar-refractivity contribution >= 4 is 27.0 Å². The number of benzene rings is 1. The molecule has 0 aliphatic rings. The highest BCUT2D eigenvalue weighted by molar-refractivity contribution is 9.08. The van der Waals surface area contributed by atoms with Crippen molar-refractivity contribution in [3.8, 4) is 5.75 Å². The summed E-state index contributed by atoms with van der Waals surface area (Å²) < 4.78 is 25.2. The summed E-state index contributed by atoms with van der Waals surface area (Å²) in [7, 11) is 0. The molecule has 0 fully saturated rings. The summed E-state index contributed by atoms with van der Waals surface area (Å²) in [4.78, 5) is 6.74. The van der Waals surface area contributed by atoms with E-state index >= 15 is 0 Å². The van der Waals surface area contributed by atoms with Gasteiger partial charge < -0.3 is 10.1 Å². The number of hydrogen-bond donors (Lipinski definition) is 2. The van der Waals surface area contributed by atoms with E-state index in [9.17, 15) is 13.9 Å². The maximum atomic E-state index is 12.6. The summed E-state index contributed by atoms with van der Waals surface area (Å²) in [6.45, 7) is 0. The smallest absolute Gasteiger partial charge is 0.266 e. The van der Waals surface area contributed by atoms with E-state index in [1.165, 1.54) is 12.1 Å². The molecule has 1 aromatic carbocycles. The minimum Gasteiger partial charge on any atom is -0.506 e. The summed E-state index contributed by atoms with van der Waals surface area (Å²) in [5.74, 6) is 0.433. The highest BCUT2D eigenvalue weighted by Gasteiger charge is 2.16. The number of phenols is 1. The van der Waals surface area contributed by atoms with Crippen LogP contribution >= 0.6 is 15.9 Å². The number of rotatable bonds is 2. The lowest BCUT2D eigenvalue weighted by atomic mass is 10.2. The third-order valence-electron chi connectivity index (χ3n) is 2.06. The number of nitrogens with one attached hydrogen (secondary N) is 1. The Kier molecular flexibility index (Phi) is 2.60. The van der Waals surface area contributed by atoms with Gasteiger partial charge in [0.15, 0.2) is 0 Å². The number of hydrogen-bond acceptors (Lipinski definition) is 2. The van der Waals surface area contributed by atoms with Gasteiger partial charge in [-0.2, -0.15) is 0 Å². The molecule has 1 heterocycles. The van der Waals surface area contributed by atoms with Crippen LogP contribution in [0.1, 0.15) is 17.8 Å². The van der Waals surface area contributed by atoms with E-state index in [2.05, 4.69) is 25.9 Å². The first kappa shape index (κ1) is 10.4. The van der Waals surface area contributed by atoms with Gasteiger partial charge in [-0.25, -0.2) is 13.8 Å². The Hall–Kier alpha value is -1.17. The summed E-state index contributed by atoms with van der Waals surface area (Å²) in [5.41, 5.74) is 0.202. The predicted molar refractivity (Wildman–Crippen MR) is 55.3 cm³/mol. The summed E-state index contributed by atoms with van der Waals surface area (Å²) in [6, 6.07) is 2.42. The van der Waals surface area contributed by atoms with Crippen LogP contribution in [0.3, 0.4) is 0 Å². The molecule has 1 aromatic heterocycles. The van der Waals surface area contributed by atoms with Crippen LogP contribution in [0.25, 0.3) is 11.0 Å². The van der Waals surface area contributed by atoms with Gasteiger partial charge in [-0.3, -0.25) is 0 Å². The molecular weight excluding hydrogens is 270 g/mol. The maximum absolute atomic E-state index is 12.6. The Morgan fingerprint density at radius 3 is 2.80 bits per heavy atom. The molecule has 0 atom stereocenters. The molecule has 0 bridgehead atoms. The molecule has 0 amide bonds. The lowest BCUT2D eigenvalue weighted by Crippen LogP contribution is -1.86. The molecule has 0 saturated heterocycles. The Balaban J connectivity index is 2.74. The van der Waals surface area contributed by atoms with Gasteiger partial charge in [0, 0.05) is 5.56 Å². The zero-order valence-corrected chi connectivity index (χ0v) is 9.05. The second kappa shape index (κ2) is 3.77. The van der Waals surface area contributed by atoms with Crippen LogP contribution in [0.4, 0.5) is 8.78 Å². The Morgan fingerprint density at radius 2 is 2.20 bits per heavy atom. The number of imidazole rings is 1. The maximum Gasteiger partial charge on any atom is 0.266 e. The molecule has 2 aromatic rings. The molecular formula is C9H7BrF2N2O. The van der Waals surface area contributed by atoms with Crippen molar-refractivity contribution in [1.29, 1.82) is 0 Å². The fraction of sp³-hybridized carbons (Fsp3) is 0.222. The number of nitrogens with zero attached hydrogens (tertiary/aromatic N) is 1. The van der Waals surface area contributed by atoms with Gasteiger partial charge in [0.05, 0.1) is 5.33 Å². The number of aromatic amines is 1. The Morgan fingerprint density at radius 1 is 1.47 bits per heavy atom. The van der Waals surface area contributed by atoms with Gasteiger partial charge in [0.2, 0.25) is 0 Å². The lowest BCUT2D eigenvalue weighted by molar-refractivity contribution is 0.153. The third kappa shape index (κ3) is 1.69. The van der Waals surface area contributed by atoms with E-state index in [0.717, 1.165) is 0 Å². The normalized spacial score (nSPS) is 11.5. The standard InChI is InChI=1S/C9H7BrF2N2O/c10-3-6-13-7-4(9(11)12)1-2-5(15)8(7)14-6/h1-2,9,15H,3H2,(H,13,14). The van der Waals surface area contributed by atoms with Crippen molar-refractivity contribution in [2.45, 2.75) is 11.8 Å².